The molecule has 6 heteroatoms. The molecule has 0 saturated carbocycles. The number of anilines is 1. The summed E-state index contributed by atoms with van der Waals surface area (Å²) < 4.78 is 35.5. The van der Waals surface area contributed by atoms with Gasteiger partial charge in [0.25, 0.3) is 0 Å². The first-order valence-corrected chi connectivity index (χ1v) is 11.6. The van der Waals surface area contributed by atoms with Crippen molar-refractivity contribution < 1.29 is 23.4 Å². The van der Waals surface area contributed by atoms with Gasteiger partial charge in [-0.15, -0.1) is 0 Å². The van der Waals surface area contributed by atoms with Gasteiger partial charge in [-0.05, 0) is 78.4 Å². The van der Waals surface area contributed by atoms with Crippen LogP contribution in [0.25, 0.3) is 0 Å². The lowest BCUT2D eigenvalue weighted by atomic mass is 9.79. The lowest BCUT2D eigenvalue weighted by Gasteiger charge is -2.35. The summed E-state index contributed by atoms with van der Waals surface area (Å²) in [6.07, 6.45) is 2.03. The average molecular weight is 464 g/mol. The number of hydrogen-bond acceptors (Lipinski definition) is 4. The van der Waals surface area contributed by atoms with Crippen molar-refractivity contribution in [3.05, 3.63) is 94.0 Å². The number of nitrogens with zero attached hydrogens (tertiary/aromatic N) is 1. The summed E-state index contributed by atoms with van der Waals surface area (Å²) in [6, 6.07) is 15.7. The van der Waals surface area contributed by atoms with E-state index in [0.717, 1.165) is 54.6 Å². The van der Waals surface area contributed by atoms with Crippen molar-refractivity contribution in [2.45, 2.75) is 38.4 Å². The molecule has 34 heavy (non-hydrogen) atoms. The maximum atomic E-state index is 15.0. The minimum Gasteiger partial charge on any atom is -0.508 e. The number of halogens is 2. The number of hydrogen-bond donors (Lipinski definition) is 1. The van der Waals surface area contributed by atoms with Crippen LogP contribution in [0.3, 0.4) is 0 Å². The molecular formula is C28H27F2NO3. The number of carbonyl (C=O) groups is 1. The Labute approximate surface area is 197 Å². The zero-order chi connectivity index (χ0) is 23.8. The lowest BCUT2D eigenvalue weighted by molar-refractivity contribution is -0.111. The van der Waals surface area contributed by atoms with E-state index in [9.17, 15) is 18.7 Å². The van der Waals surface area contributed by atoms with E-state index in [1.54, 1.807) is 12.1 Å². The van der Waals surface area contributed by atoms with Gasteiger partial charge in [-0.1, -0.05) is 18.2 Å². The number of phenols is 1. The molecule has 0 spiro atoms. The molecule has 2 heterocycles. The van der Waals surface area contributed by atoms with Gasteiger partial charge < -0.3 is 19.5 Å². The third-order valence-electron chi connectivity index (χ3n) is 7.12. The number of carbonyl (C=O) groups excluding carboxylic acids is 1. The highest BCUT2D eigenvalue weighted by atomic mass is 19.1. The molecule has 4 nitrogen and oxygen atoms in total. The van der Waals surface area contributed by atoms with Gasteiger partial charge >= 0.3 is 0 Å². The van der Waals surface area contributed by atoms with Gasteiger partial charge in [-0.25, -0.2) is 8.78 Å². The van der Waals surface area contributed by atoms with Crippen LogP contribution in [0.1, 0.15) is 52.7 Å². The maximum absolute atomic E-state index is 15.0. The van der Waals surface area contributed by atoms with Gasteiger partial charge in [0.15, 0.2) is 0 Å². The largest absolute Gasteiger partial charge is 0.508 e. The number of piperidine rings is 1. The van der Waals surface area contributed by atoms with Crippen molar-refractivity contribution in [1.82, 2.24) is 0 Å². The first kappa shape index (κ1) is 22.5. The fraction of sp³-hybridized carbons (Fsp3) is 0.321. The van der Waals surface area contributed by atoms with Crippen LogP contribution in [0.5, 0.6) is 5.75 Å². The summed E-state index contributed by atoms with van der Waals surface area (Å²) in [5.41, 5.74) is 4.18. The van der Waals surface area contributed by atoms with Gasteiger partial charge in [0.1, 0.15) is 23.7 Å². The average Bonchev–Trinajstić information content (AvgIpc) is 2.86. The van der Waals surface area contributed by atoms with Crippen LogP contribution >= 0.6 is 0 Å². The van der Waals surface area contributed by atoms with Gasteiger partial charge in [0, 0.05) is 36.2 Å². The molecule has 2 aliphatic rings. The van der Waals surface area contributed by atoms with E-state index in [4.69, 9.17) is 4.74 Å². The number of fused-ring (bicyclic) bond motifs is 1. The minimum absolute atomic E-state index is 0.133. The number of rotatable bonds is 4. The number of benzene rings is 3. The molecule has 0 aliphatic carbocycles. The molecule has 0 radical (unpaired) electrons. The summed E-state index contributed by atoms with van der Waals surface area (Å²) in [5.74, 6) is -1.06. The number of aryl methyl sites for hydroxylation is 1. The van der Waals surface area contributed by atoms with Crippen molar-refractivity contribution >= 4 is 12.0 Å². The maximum Gasteiger partial charge on any atom is 0.129 e. The van der Waals surface area contributed by atoms with Gasteiger partial charge in [0.2, 0.25) is 0 Å². The van der Waals surface area contributed by atoms with Crippen molar-refractivity contribution in [1.29, 1.82) is 0 Å². The van der Waals surface area contributed by atoms with E-state index in [-0.39, 0.29) is 35.3 Å². The number of phenolic OH excluding ortho intramolecular Hbond substituents is 1. The second-order valence-electron chi connectivity index (χ2n) is 9.27. The number of aromatic hydroxyl groups is 1. The molecule has 3 aromatic rings. The summed E-state index contributed by atoms with van der Waals surface area (Å²) in [6.45, 7) is 3.39. The molecule has 1 fully saturated rings. The second-order valence-corrected chi connectivity index (χ2v) is 9.27. The fourth-order valence-corrected chi connectivity index (χ4v) is 5.15. The molecule has 0 amide bonds. The van der Waals surface area contributed by atoms with E-state index in [1.807, 2.05) is 30.3 Å². The molecule has 5 rings (SSSR count). The molecule has 2 atom stereocenters. The van der Waals surface area contributed by atoms with Crippen LogP contribution in [-0.2, 0) is 16.1 Å². The Hall–Kier alpha value is -3.25. The molecular weight excluding hydrogens is 436 g/mol. The topological polar surface area (TPSA) is 49.8 Å². The summed E-state index contributed by atoms with van der Waals surface area (Å²) >= 11 is 0. The third kappa shape index (κ3) is 4.18. The first-order valence-electron chi connectivity index (χ1n) is 11.6. The second kappa shape index (κ2) is 9.18. The molecule has 2 aliphatic heterocycles. The van der Waals surface area contributed by atoms with Crippen LogP contribution in [0.2, 0.25) is 0 Å². The molecule has 0 bridgehead atoms. The highest BCUT2D eigenvalue weighted by molar-refractivity contribution is 5.56. The lowest BCUT2D eigenvalue weighted by Crippen LogP contribution is -2.34. The monoisotopic (exact) mass is 463 g/mol. The molecule has 0 aromatic heterocycles. The van der Waals surface area contributed by atoms with Crippen LogP contribution in [0.15, 0.2) is 54.6 Å². The Morgan fingerprint density at radius 2 is 1.71 bits per heavy atom. The van der Waals surface area contributed by atoms with E-state index in [0.29, 0.717) is 0 Å². The Morgan fingerprint density at radius 1 is 0.971 bits per heavy atom. The Morgan fingerprint density at radius 3 is 2.41 bits per heavy atom. The van der Waals surface area contributed by atoms with Crippen molar-refractivity contribution in [3.8, 4) is 5.75 Å². The number of ether oxygens (including phenoxy) is 1. The zero-order valence-electron chi connectivity index (χ0n) is 19.0. The molecule has 3 aromatic carbocycles. The Balaban J connectivity index is 1.52. The predicted octanol–water partition coefficient (Wildman–Crippen LogP) is 5.80. The van der Waals surface area contributed by atoms with Crippen LogP contribution < -0.4 is 4.90 Å². The first-order chi connectivity index (χ1) is 16.4. The van der Waals surface area contributed by atoms with Crippen LogP contribution in [-0.4, -0.2) is 24.5 Å². The predicted molar refractivity (Wildman–Crippen MR) is 126 cm³/mol. The van der Waals surface area contributed by atoms with E-state index >= 15 is 0 Å². The summed E-state index contributed by atoms with van der Waals surface area (Å²) in [5, 5.41) is 9.96. The smallest absolute Gasteiger partial charge is 0.129 e. The van der Waals surface area contributed by atoms with Crippen LogP contribution in [0, 0.1) is 24.5 Å². The SMILES string of the molecule is Cc1cc(F)c([C@H]2OCc3cc(O)ccc3[C@H]2c2ccc(N3CCC(C=O)CC3)cc2)cc1F. The quantitative estimate of drug-likeness (QED) is 0.497. The van der Waals surface area contributed by atoms with Crippen molar-refractivity contribution in [3.63, 3.8) is 0 Å². The van der Waals surface area contributed by atoms with Gasteiger partial charge in [-0.2, -0.15) is 0 Å². The van der Waals surface area contributed by atoms with Crippen molar-refractivity contribution in [2.75, 3.05) is 18.0 Å². The molecule has 0 unspecified atom stereocenters. The fourth-order valence-electron chi connectivity index (χ4n) is 5.15. The molecule has 1 N–H and O–H groups in total. The van der Waals surface area contributed by atoms with Gasteiger partial charge in [0.05, 0.1) is 12.7 Å². The molecule has 1 saturated heterocycles. The van der Waals surface area contributed by atoms with Crippen molar-refractivity contribution in [2.24, 2.45) is 5.92 Å². The zero-order valence-corrected chi connectivity index (χ0v) is 19.0. The highest BCUT2D eigenvalue weighted by Gasteiger charge is 2.35. The van der Waals surface area contributed by atoms with Gasteiger partial charge in [-0.3, -0.25) is 0 Å². The number of aldehydes is 1. The third-order valence-corrected chi connectivity index (χ3v) is 7.12. The molecule has 176 valence electrons. The minimum atomic E-state index is -0.707. The Bertz CT molecular complexity index is 1200. The van der Waals surface area contributed by atoms with E-state index in [1.165, 1.54) is 19.1 Å². The normalized spacial score (nSPS) is 20.7. The standard InChI is InChI=1S/C28H27F2NO3/c1-17-12-26(30)24(14-25(17)29)28-27(23-7-6-22(33)13-20(23)16-34-28)19-2-4-21(5-3-19)31-10-8-18(15-32)9-11-31/h2-7,12-15,18,27-28,33H,8-11,16H2,1H3/t27-,28-/m1/s1. The summed E-state index contributed by atoms with van der Waals surface area (Å²) in [7, 11) is 0. The Kier molecular flexibility index (Phi) is 6.09. The highest BCUT2D eigenvalue weighted by Crippen LogP contribution is 2.46. The van der Waals surface area contributed by atoms with E-state index < -0.39 is 17.7 Å². The summed E-state index contributed by atoms with van der Waals surface area (Å²) in [4.78, 5) is 13.3. The van der Waals surface area contributed by atoms with Crippen LogP contribution in [0.4, 0.5) is 14.5 Å². The van der Waals surface area contributed by atoms with E-state index in [2.05, 4.69) is 4.90 Å².